The Bertz CT molecular complexity index is 264. The van der Waals surface area contributed by atoms with E-state index in [9.17, 15) is 4.79 Å². The van der Waals surface area contributed by atoms with Crippen molar-refractivity contribution in [2.45, 2.75) is 31.4 Å². The molecule has 1 amide bonds. The Morgan fingerprint density at radius 2 is 2.38 bits per heavy atom. The van der Waals surface area contributed by atoms with Crippen LogP contribution in [0.4, 0.5) is 0 Å². The van der Waals surface area contributed by atoms with Crippen LogP contribution in [0.3, 0.4) is 0 Å². The fraction of sp³-hybridized carbons (Fsp3) is 0.917. The number of nitrogens with one attached hydrogen (secondary N) is 2. The molecule has 2 saturated heterocycles. The molecule has 4 heteroatoms. The van der Waals surface area contributed by atoms with Gasteiger partial charge < -0.3 is 10.6 Å². The molecule has 2 rings (SSSR count). The first-order valence-electron chi connectivity index (χ1n) is 6.23. The fourth-order valence-electron chi connectivity index (χ4n) is 2.54. The van der Waals surface area contributed by atoms with Crippen molar-refractivity contribution in [3.8, 4) is 0 Å². The number of carbonyl (C=O) groups excluding carboxylic acids is 1. The van der Waals surface area contributed by atoms with Crippen molar-refractivity contribution in [1.29, 1.82) is 0 Å². The lowest BCUT2D eigenvalue weighted by atomic mass is 9.97. The van der Waals surface area contributed by atoms with Gasteiger partial charge in [0.25, 0.3) is 0 Å². The lowest BCUT2D eigenvalue weighted by Crippen LogP contribution is -2.41. The second kappa shape index (κ2) is 4.96. The van der Waals surface area contributed by atoms with Crippen molar-refractivity contribution >= 4 is 17.7 Å². The molecule has 92 valence electrons. The summed E-state index contributed by atoms with van der Waals surface area (Å²) in [6.45, 7) is 7.07. The van der Waals surface area contributed by atoms with Crippen LogP contribution in [0.5, 0.6) is 0 Å². The van der Waals surface area contributed by atoms with E-state index in [4.69, 9.17) is 0 Å². The zero-order valence-electron chi connectivity index (χ0n) is 10.2. The minimum atomic E-state index is 0.176. The molecule has 0 radical (unpaired) electrons. The van der Waals surface area contributed by atoms with Crippen LogP contribution < -0.4 is 10.6 Å². The Hall–Kier alpha value is -0.220. The van der Waals surface area contributed by atoms with Crippen molar-refractivity contribution in [3.05, 3.63) is 0 Å². The summed E-state index contributed by atoms with van der Waals surface area (Å²) in [6, 6.07) is 0. The molecule has 16 heavy (non-hydrogen) atoms. The van der Waals surface area contributed by atoms with Crippen LogP contribution in [0.1, 0.15) is 26.7 Å². The van der Waals surface area contributed by atoms with Gasteiger partial charge in [0.15, 0.2) is 0 Å². The highest BCUT2D eigenvalue weighted by atomic mass is 32.2. The molecular weight excluding hydrogens is 220 g/mol. The quantitative estimate of drug-likeness (QED) is 0.782. The summed E-state index contributed by atoms with van der Waals surface area (Å²) in [6.07, 6.45) is 2.52. The molecule has 0 saturated carbocycles. The summed E-state index contributed by atoms with van der Waals surface area (Å²) in [5, 5.41) is 6.41. The second-order valence-corrected chi connectivity index (χ2v) is 7.04. The van der Waals surface area contributed by atoms with Crippen molar-refractivity contribution in [2.24, 2.45) is 11.8 Å². The minimum absolute atomic E-state index is 0.176. The van der Waals surface area contributed by atoms with Crippen LogP contribution in [-0.4, -0.2) is 36.0 Å². The summed E-state index contributed by atoms with van der Waals surface area (Å²) in [5.41, 5.74) is 0. The summed E-state index contributed by atoms with van der Waals surface area (Å²) in [5.74, 6) is 2.14. The molecule has 2 N–H and O–H groups in total. The topological polar surface area (TPSA) is 41.1 Å². The molecular formula is C12H22N2OS. The summed E-state index contributed by atoms with van der Waals surface area (Å²) in [4.78, 5) is 12.0. The van der Waals surface area contributed by atoms with Gasteiger partial charge in [0, 0.05) is 17.8 Å². The highest BCUT2D eigenvalue weighted by Gasteiger charge is 2.33. The maximum Gasteiger partial charge on any atom is 0.224 e. The van der Waals surface area contributed by atoms with Crippen molar-refractivity contribution in [2.75, 3.05) is 25.4 Å². The van der Waals surface area contributed by atoms with Gasteiger partial charge in [0.05, 0.1) is 5.92 Å². The average molecular weight is 242 g/mol. The minimum Gasteiger partial charge on any atom is -0.354 e. The first-order chi connectivity index (χ1) is 7.61. The molecule has 2 fully saturated rings. The van der Waals surface area contributed by atoms with Crippen LogP contribution in [0.15, 0.2) is 0 Å². The summed E-state index contributed by atoms with van der Waals surface area (Å²) in [7, 11) is 0. The largest absolute Gasteiger partial charge is 0.354 e. The van der Waals surface area contributed by atoms with Gasteiger partial charge in [-0.2, -0.15) is 11.8 Å². The zero-order chi connectivity index (χ0) is 11.6. The molecule has 0 aromatic heterocycles. The molecule has 0 spiro atoms. The van der Waals surface area contributed by atoms with E-state index < -0.39 is 0 Å². The lowest BCUT2D eigenvalue weighted by Gasteiger charge is -2.24. The maximum atomic E-state index is 12.0. The van der Waals surface area contributed by atoms with E-state index in [1.54, 1.807) is 0 Å². The highest BCUT2D eigenvalue weighted by molar-refractivity contribution is 8.00. The van der Waals surface area contributed by atoms with Gasteiger partial charge in [-0.05, 0) is 38.0 Å². The third kappa shape index (κ3) is 2.72. The summed E-state index contributed by atoms with van der Waals surface area (Å²) < 4.78 is 0.283. The van der Waals surface area contributed by atoms with Gasteiger partial charge in [0.1, 0.15) is 0 Å². The van der Waals surface area contributed by atoms with Crippen LogP contribution in [0.2, 0.25) is 0 Å². The van der Waals surface area contributed by atoms with E-state index in [1.165, 1.54) is 18.6 Å². The predicted octanol–water partition coefficient (Wildman–Crippen LogP) is 1.24. The number of rotatable bonds is 3. The van der Waals surface area contributed by atoms with Gasteiger partial charge in [-0.1, -0.05) is 6.92 Å². The number of hydrogen-bond donors (Lipinski definition) is 2. The monoisotopic (exact) mass is 242 g/mol. The fourth-order valence-corrected chi connectivity index (χ4v) is 3.79. The van der Waals surface area contributed by atoms with E-state index in [-0.39, 0.29) is 16.6 Å². The molecule has 2 aliphatic heterocycles. The van der Waals surface area contributed by atoms with E-state index in [2.05, 4.69) is 24.5 Å². The lowest BCUT2D eigenvalue weighted by molar-refractivity contribution is -0.125. The molecule has 0 bridgehead atoms. The molecule has 1 unspecified atom stereocenters. The predicted molar refractivity (Wildman–Crippen MR) is 68.6 cm³/mol. The smallest absolute Gasteiger partial charge is 0.224 e. The van der Waals surface area contributed by atoms with Crippen LogP contribution in [0, 0.1) is 11.8 Å². The summed E-state index contributed by atoms with van der Waals surface area (Å²) >= 11 is 2.00. The van der Waals surface area contributed by atoms with Crippen molar-refractivity contribution in [3.63, 3.8) is 0 Å². The standard InChI is InChI=1S/C12H22N2OS/c1-9-6-13-7-10(9)11(15)14-8-12(2)4-3-5-16-12/h9-10,13H,3-8H2,1-2H3,(H,14,15)/t9-,10-,12?/m1/s1. The normalized spacial score (nSPS) is 38.9. The van der Waals surface area contributed by atoms with Crippen molar-refractivity contribution < 1.29 is 4.79 Å². The van der Waals surface area contributed by atoms with E-state index in [0.29, 0.717) is 5.92 Å². The first-order valence-corrected chi connectivity index (χ1v) is 7.22. The molecule has 0 aromatic carbocycles. The number of thioether (sulfide) groups is 1. The Balaban J connectivity index is 1.79. The molecule has 0 aromatic rings. The molecule has 0 aliphatic carbocycles. The van der Waals surface area contributed by atoms with Crippen LogP contribution >= 0.6 is 11.8 Å². The number of hydrogen-bond acceptors (Lipinski definition) is 3. The van der Waals surface area contributed by atoms with Crippen LogP contribution in [0.25, 0.3) is 0 Å². The number of carbonyl (C=O) groups is 1. The van der Waals surface area contributed by atoms with E-state index in [1.807, 2.05) is 11.8 Å². The van der Waals surface area contributed by atoms with Gasteiger partial charge in [-0.25, -0.2) is 0 Å². The maximum absolute atomic E-state index is 12.0. The van der Waals surface area contributed by atoms with Gasteiger partial charge in [0.2, 0.25) is 5.91 Å². The van der Waals surface area contributed by atoms with Crippen molar-refractivity contribution in [1.82, 2.24) is 10.6 Å². The molecule has 2 aliphatic rings. The number of amides is 1. The average Bonchev–Trinajstić information content (AvgIpc) is 2.85. The second-order valence-electron chi connectivity index (χ2n) is 5.36. The third-order valence-electron chi connectivity index (χ3n) is 3.79. The Kier molecular flexibility index (Phi) is 3.80. The Morgan fingerprint density at radius 3 is 2.94 bits per heavy atom. The Morgan fingerprint density at radius 1 is 1.56 bits per heavy atom. The highest BCUT2D eigenvalue weighted by Crippen LogP contribution is 2.37. The molecule has 3 atom stereocenters. The SMILES string of the molecule is C[C@@H]1CNC[C@H]1C(=O)NCC1(C)CCCS1. The van der Waals surface area contributed by atoms with Gasteiger partial charge in [-0.15, -0.1) is 0 Å². The van der Waals surface area contributed by atoms with Gasteiger partial charge >= 0.3 is 0 Å². The van der Waals surface area contributed by atoms with Crippen LogP contribution in [-0.2, 0) is 4.79 Å². The molecule has 3 nitrogen and oxygen atoms in total. The Labute approximate surface area is 102 Å². The first kappa shape index (κ1) is 12.2. The zero-order valence-corrected chi connectivity index (χ0v) is 11.0. The van der Waals surface area contributed by atoms with E-state index >= 15 is 0 Å². The molecule has 2 heterocycles. The third-order valence-corrected chi connectivity index (χ3v) is 5.33. The van der Waals surface area contributed by atoms with E-state index in [0.717, 1.165) is 19.6 Å². The van der Waals surface area contributed by atoms with Gasteiger partial charge in [-0.3, -0.25) is 4.79 Å².